The van der Waals surface area contributed by atoms with Crippen molar-refractivity contribution in [2.75, 3.05) is 6.61 Å². The maximum Gasteiger partial charge on any atom is 0.332 e. The second-order valence-electron chi connectivity index (χ2n) is 4.21. The summed E-state index contributed by atoms with van der Waals surface area (Å²) in [5.41, 5.74) is 0.630. The first-order valence-corrected chi connectivity index (χ1v) is 6.08. The predicted octanol–water partition coefficient (Wildman–Crippen LogP) is 2.25. The van der Waals surface area contributed by atoms with Crippen LogP contribution in [-0.2, 0) is 14.3 Å². The van der Waals surface area contributed by atoms with Crippen LogP contribution in [0.2, 0.25) is 0 Å². The SMILES string of the molecule is CCOC(=O)/C=C(/NC(C)=O)[C@H](C)[C@H](C)CC. The Morgan fingerprint density at radius 3 is 2.29 bits per heavy atom. The van der Waals surface area contributed by atoms with Gasteiger partial charge in [0.1, 0.15) is 0 Å². The summed E-state index contributed by atoms with van der Waals surface area (Å²) < 4.78 is 4.85. The zero-order chi connectivity index (χ0) is 13.4. The third-order valence-electron chi connectivity index (χ3n) is 2.87. The molecular formula is C13H23NO3. The molecule has 1 amide bonds. The molecule has 17 heavy (non-hydrogen) atoms. The van der Waals surface area contributed by atoms with Crippen LogP contribution in [0.3, 0.4) is 0 Å². The van der Waals surface area contributed by atoms with Gasteiger partial charge >= 0.3 is 5.97 Å². The van der Waals surface area contributed by atoms with Gasteiger partial charge in [0.05, 0.1) is 6.61 Å². The van der Waals surface area contributed by atoms with Crippen LogP contribution in [-0.4, -0.2) is 18.5 Å². The molecule has 0 aliphatic heterocycles. The second kappa shape index (κ2) is 7.87. The molecule has 0 saturated carbocycles. The fourth-order valence-corrected chi connectivity index (χ4v) is 1.46. The molecule has 0 aromatic carbocycles. The minimum Gasteiger partial charge on any atom is -0.463 e. The van der Waals surface area contributed by atoms with Crippen LogP contribution in [0, 0.1) is 11.8 Å². The van der Waals surface area contributed by atoms with Crippen LogP contribution in [0.25, 0.3) is 0 Å². The van der Waals surface area contributed by atoms with E-state index in [-0.39, 0.29) is 11.8 Å². The molecule has 4 heteroatoms. The molecule has 0 unspecified atom stereocenters. The van der Waals surface area contributed by atoms with E-state index >= 15 is 0 Å². The highest BCUT2D eigenvalue weighted by Gasteiger charge is 2.17. The minimum atomic E-state index is -0.411. The third-order valence-corrected chi connectivity index (χ3v) is 2.87. The molecule has 4 nitrogen and oxygen atoms in total. The van der Waals surface area contributed by atoms with Crippen LogP contribution < -0.4 is 5.32 Å². The Morgan fingerprint density at radius 2 is 1.88 bits per heavy atom. The van der Waals surface area contributed by atoms with Gasteiger partial charge in [0.15, 0.2) is 0 Å². The smallest absolute Gasteiger partial charge is 0.332 e. The van der Waals surface area contributed by atoms with Gasteiger partial charge in [-0.05, 0) is 18.8 Å². The number of rotatable bonds is 6. The maximum atomic E-state index is 11.4. The Hall–Kier alpha value is -1.32. The standard InChI is InChI=1S/C13H23NO3/c1-6-9(3)10(4)12(14-11(5)15)8-13(16)17-7-2/h8-10H,6-7H2,1-5H3,(H,14,15)/b12-8+/t9-,10-/m1/s1. The summed E-state index contributed by atoms with van der Waals surface area (Å²) in [5.74, 6) is -0.0714. The monoisotopic (exact) mass is 241 g/mol. The third kappa shape index (κ3) is 6.09. The Morgan fingerprint density at radius 1 is 1.29 bits per heavy atom. The van der Waals surface area contributed by atoms with Crippen molar-refractivity contribution in [1.82, 2.24) is 5.32 Å². The molecule has 0 heterocycles. The lowest BCUT2D eigenvalue weighted by Gasteiger charge is -2.21. The number of amides is 1. The average molecular weight is 241 g/mol. The zero-order valence-corrected chi connectivity index (χ0v) is 11.4. The average Bonchev–Trinajstić information content (AvgIpc) is 2.25. The molecule has 0 bridgehead atoms. The van der Waals surface area contributed by atoms with Gasteiger partial charge in [0, 0.05) is 18.7 Å². The molecule has 0 spiro atoms. The molecule has 0 aliphatic carbocycles. The summed E-state index contributed by atoms with van der Waals surface area (Å²) in [7, 11) is 0. The van der Waals surface area contributed by atoms with E-state index in [1.807, 2.05) is 6.92 Å². The number of hydrogen-bond acceptors (Lipinski definition) is 3. The number of carbonyl (C=O) groups is 2. The normalized spacial score (nSPS) is 15.0. The molecule has 0 fully saturated rings. The quantitative estimate of drug-likeness (QED) is 0.573. The van der Waals surface area contributed by atoms with Crippen molar-refractivity contribution < 1.29 is 14.3 Å². The number of esters is 1. The second-order valence-corrected chi connectivity index (χ2v) is 4.21. The number of ether oxygens (including phenoxy) is 1. The molecule has 98 valence electrons. The van der Waals surface area contributed by atoms with E-state index in [1.54, 1.807) is 6.92 Å². The highest BCUT2D eigenvalue weighted by molar-refractivity contribution is 5.84. The van der Waals surface area contributed by atoms with Crippen LogP contribution in [0.15, 0.2) is 11.8 Å². The number of allylic oxidation sites excluding steroid dienone is 1. The van der Waals surface area contributed by atoms with E-state index in [4.69, 9.17) is 4.74 Å². The van der Waals surface area contributed by atoms with Crippen LogP contribution in [0.4, 0.5) is 0 Å². The molecule has 0 rings (SSSR count). The molecule has 0 aromatic rings. The largest absolute Gasteiger partial charge is 0.463 e. The summed E-state index contributed by atoms with van der Waals surface area (Å²) in [6.45, 7) is 9.68. The lowest BCUT2D eigenvalue weighted by atomic mass is 9.90. The fourth-order valence-electron chi connectivity index (χ4n) is 1.46. The minimum absolute atomic E-state index is 0.119. The number of nitrogens with one attached hydrogen (secondary N) is 1. The Balaban J connectivity index is 4.85. The lowest BCUT2D eigenvalue weighted by Crippen LogP contribution is -2.27. The molecule has 2 atom stereocenters. The highest BCUT2D eigenvalue weighted by Crippen LogP contribution is 2.21. The van der Waals surface area contributed by atoms with Crippen molar-refractivity contribution in [2.45, 2.75) is 41.0 Å². The van der Waals surface area contributed by atoms with Gasteiger partial charge in [-0.3, -0.25) is 4.79 Å². The first-order chi connectivity index (χ1) is 7.92. The predicted molar refractivity (Wildman–Crippen MR) is 67.2 cm³/mol. The summed E-state index contributed by atoms with van der Waals surface area (Å²) in [6, 6.07) is 0. The van der Waals surface area contributed by atoms with Gasteiger partial charge in [0.2, 0.25) is 5.91 Å². The highest BCUT2D eigenvalue weighted by atomic mass is 16.5. The summed E-state index contributed by atoms with van der Waals surface area (Å²) >= 11 is 0. The van der Waals surface area contributed by atoms with E-state index in [9.17, 15) is 9.59 Å². The van der Waals surface area contributed by atoms with E-state index in [1.165, 1.54) is 13.0 Å². The molecule has 0 saturated heterocycles. The molecule has 0 radical (unpaired) electrons. The zero-order valence-electron chi connectivity index (χ0n) is 11.4. The van der Waals surface area contributed by atoms with E-state index in [2.05, 4.69) is 19.2 Å². The first kappa shape index (κ1) is 15.7. The Labute approximate surface area is 103 Å². The summed E-state index contributed by atoms with van der Waals surface area (Å²) in [5, 5.41) is 2.71. The topological polar surface area (TPSA) is 55.4 Å². The molecule has 0 aliphatic rings. The van der Waals surface area contributed by atoms with Crippen LogP contribution in [0.1, 0.15) is 41.0 Å². The Bertz CT molecular complexity index is 297. The summed E-state index contributed by atoms with van der Waals surface area (Å²) in [4.78, 5) is 22.5. The molecule has 1 N–H and O–H groups in total. The van der Waals surface area contributed by atoms with Gasteiger partial charge in [-0.25, -0.2) is 4.79 Å². The van der Waals surface area contributed by atoms with Crippen LogP contribution in [0.5, 0.6) is 0 Å². The van der Waals surface area contributed by atoms with Gasteiger partial charge in [0.25, 0.3) is 0 Å². The number of carbonyl (C=O) groups excluding carboxylic acids is 2. The maximum absolute atomic E-state index is 11.4. The van der Waals surface area contributed by atoms with Crippen molar-refractivity contribution in [2.24, 2.45) is 11.8 Å². The van der Waals surface area contributed by atoms with Crippen LogP contribution >= 0.6 is 0 Å². The lowest BCUT2D eigenvalue weighted by molar-refractivity contribution is -0.137. The van der Waals surface area contributed by atoms with E-state index in [0.29, 0.717) is 18.2 Å². The molecule has 0 aromatic heterocycles. The molecular weight excluding hydrogens is 218 g/mol. The Kier molecular flexibility index (Phi) is 7.26. The van der Waals surface area contributed by atoms with Gasteiger partial charge in [-0.15, -0.1) is 0 Å². The van der Waals surface area contributed by atoms with Crippen molar-refractivity contribution in [3.8, 4) is 0 Å². The van der Waals surface area contributed by atoms with E-state index in [0.717, 1.165) is 6.42 Å². The van der Waals surface area contributed by atoms with Crippen molar-refractivity contribution in [3.05, 3.63) is 11.8 Å². The first-order valence-electron chi connectivity index (χ1n) is 6.08. The van der Waals surface area contributed by atoms with Crippen molar-refractivity contribution in [3.63, 3.8) is 0 Å². The van der Waals surface area contributed by atoms with Gasteiger partial charge < -0.3 is 10.1 Å². The fraction of sp³-hybridized carbons (Fsp3) is 0.692. The van der Waals surface area contributed by atoms with Gasteiger partial charge in [-0.2, -0.15) is 0 Å². The van der Waals surface area contributed by atoms with Gasteiger partial charge in [-0.1, -0.05) is 27.2 Å². The van der Waals surface area contributed by atoms with E-state index < -0.39 is 5.97 Å². The summed E-state index contributed by atoms with van der Waals surface area (Å²) in [6.07, 6.45) is 2.36. The number of hydrogen-bond donors (Lipinski definition) is 1. The van der Waals surface area contributed by atoms with Crippen molar-refractivity contribution >= 4 is 11.9 Å². The van der Waals surface area contributed by atoms with Crippen molar-refractivity contribution in [1.29, 1.82) is 0 Å².